The van der Waals surface area contributed by atoms with E-state index in [0.717, 1.165) is 19.3 Å². The molecule has 1 aromatic carbocycles. The zero-order valence-corrected chi connectivity index (χ0v) is 12.7. The van der Waals surface area contributed by atoms with Gasteiger partial charge in [-0.1, -0.05) is 11.6 Å². The quantitative estimate of drug-likeness (QED) is 0.816. The van der Waals surface area contributed by atoms with Gasteiger partial charge in [-0.25, -0.2) is 0 Å². The van der Waals surface area contributed by atoms with Crippen LogP contribution < -0.4 is 5.73 Å². The molecule has 6 heteroatoms. The van der Waals surface area contributed by atoms with E-state index >= 15 is 0 Å². The molecule has 5 nitrogen and oxygen atoms in total. The Labute approximate surface area is 129 Å². The second kappa shape index (κ2) is 7.64. The highest BCUT2D eigenvalue weighted by atomic mass is 35.5. The number of phenolic OH excluding ortho intramolecular Hbond substituents is 1. The molecule has 3 N–H and O–H groups in total. The van der Waals surface area contributed by atoms with Crippen LogP contribution >= 0.6 is 11.6 Å². The molecule has 1 fully saturated rings. The highest BCUT2D eigenvalue weighted by Crippen LogP contribution is 2.25. The molecule has 0 radical (unpaired) electrons. The minimum absolute atomic E-state index is 0.0752. The van der Waals surface area contributed by atoms with Gasteiger partial charge < -0.3 is 20.5 Å². The molecule has 116 valence electrons. The van der Waals surface area contributed by atoms with Crippen LogP contribution in [0.2, 0.25) is 5.02 Å². The Morgan fingerprint density at radius 1 is 1.43 bits per heavy atom. The number of nitrogens with two attached hydrogens (primary N) is 1. The van der Waals surface area contributed by atoms with Crippen LogP contribution in [0.1, 0.15) is 29.6 Å². The van der Waals surface area contributed by atoms with Crippen molar-refractivity contribution in [3.05, 3.63) is 28.8 Å². The van der Waals surface area contributed by atoms with E-state index in [9.17, 15) is 9.90 Å². The van der Waals surface area contributed by atoms with Crippen LogP contribution in [0.15, 0.2) is 18.2 Å². The summed E-state index contributed by atoms with van der Waals surface area (Å²) >= 11 is 5.78. The van der Waals surface area contributed by atoms with Crippen LogP contribution in [0.4, 0.5) is 0 Å². The lowest BCUT2D eigenvalue weighted by Gasteiger charge is -2.32. The summed E-state index contributed by atoms with van der Waals surface area (Å²) in [6.07, 6.45) is 2.67. The predicted octanol–water partition coefficient (Wildman–Crippen LogP) is 2.02. The van der Waals surface area contributed by atoms with Crippen molar-refractivity contribution in [3.8, 4) is 5.75 Å². The number of phenols is 1. The van der Waals surface area contributed by atoms with E-state index in [1.165, 1.54) is 6.07 Å². The predicted molar refractivity (Wildman–Crippen MR) is 81.7 cm³/mol. The average molecular weight is 313 g/mol. The Bertz CT molecular complexity index is 488. The molecule has 0 aliphatic carbocycles. The van der Waals surface area contributed by atoms with Crippen LogP contribution in [0.5, 0.6) is 5.75 Å². The number of hydrogen-bond donors (Lipinski definition) is 2. The number of aromatic hydroxyl groups is 1. The van der Waals surface area contributed by atoms with E-state index in [1.54, 1.807) is 17.0 Å². The minimum Gasteiger partial charge on any atom is -0.507 e. The van der Waals surface area contributed by atoms with Gasteiger partial charge in [-0.3, -0.25) is 4.79 Å². The molecule has 0 bridgehead atoms. The summed E-state index contributed by atoms with van der Waals surface area (Å²) in [5, 5.41) is 10.2. The number of hydrogen-bond acceptors (Lipinski definition) is 4. The molecule has 1 aliphatic rings. The van der Waals surface area contributed by atoms with Crippen LogP contribution in [0.25, 0.3) is 0 Å². The highest BCUT2D eigenvalue weighted by molar-refractivity contribution is 6.30. The summed E-state index contributed by atoms with van der Waals surface area (Å²) in [7, 11) is 0. The van der Waals surface area contributed by atoms with Crippen molar-refractivity contribution in [2.75, 3.05) is 26.2 Å². The normalized spacial score (nSPS) is 16.2. The lowest BCUT2D eigenvalue weighted by atomic mass is 10.1. The number of carbonyl (C=O) groups excluding carboxylic acids is 1. The van der Waals surface area contributed by atoms with Crippen molar-refractivity contribution in [2.45, 2.75) is 25.4 Å². The first-order valence-electron chi connectivity index (χ1n) is 7.21. The van der Waals surface area contributed by atoms with Crippen LogP contribution in [-0.2, 0) is 4.74 Å². The van der Waals surface area contributed by atoms with E-state index in [4.69, 9.17) is 22.1 Å². The van der Waals surface area contributed by atoms with Crippen LogP contribution in [0, 0.1) is 0 Å². The van der Waals surface area contributed by atoms with E-state index in [2.05, 4.69) is 0 Å². The Morgan fingerprint density at radius 3 is 2.76 bits per heavy atom. The topological polar surface area (TPSA) is 75.8 Å². The number of amides is 1. The largest absolute Gasteiger partial charge is 0.507 e. The van der Waals surface area contributed by atoms with Crippen LogP contribution in [0.3, 0.4) is 0 Å². The maximum atomic E-state index is 12.4. The monoisotopic (exact) mass is 312 g/mol. The third-order valence-corrected chi connectivity index (χ3v) is 3.86. The van der Waals surface area contributed by atoms with Crippen molar-refractivity contribution in [3.63, 3.8) is 0 Å². The number of rotatable bonds is 5. The second-order valence-electron chi connectivity index (χ2n) is 5.17. The van der Waals surface area contributed by atoms with Crippen molar-refractivity contribution in [1.82, 2.24) is 4.90 Å². The van der Waals surface area contributed by atoms with E-state index < -0.39 is 0 Å². The number of ether oxygens (including phenoxy) is 1. The van der Waals surface area contributed by atoms with Gasteiger partial charge in [0.2, 0.25) is 0 Å². The van der Waals surface area contributed by atoms with E-state index in [-0.39, 0.29) is 17.8 Å². The van der Waals surface area contributed by atoms with Gasteiger partial charge >= 0.3 is 0 Å². The van der Waals surface area contributed by atoms with Gasteiger partial charge in [-0.2, -0.15) is 0 Å². The van der Waals surface area contributed by atoms with E-state index in [1.807, 2.05) is 0 Å². The van der Waals surface area contributed by atoms with Gasteiger partial charge in [0, 0.05) is 24.7 Å². The van der Waals surface area contributed by atoms with E-state index in [0.29, 0.717) is 36.8 Å². The number of piperidine rings is 1. The Morgan fingerprint density at radius 2 is 2.14 bits per heavy atom. The SMILES string of the molecule is NCCCOC1CCN(C(=O)c2ccc(Cl)cc2O)CC1. The van der Waals surface area contributed by atoms with Crippen LogP contribution in [-0.4, -0.2) is 48.3 Å². The van der Waals surface area contributed by atoms with Gasteiger partial charge in [-0.15, -0.1) is 0 Å². The summed E-state index contributed by atoms with van der Waals surface area (Å²) < 4.78 is 5.71. The maximum absolute atomic E-state index is 12.4. The van der Waals surface area contributed by atoms with Crippen molar-refractivity contribution >= 4 is 17.5 Å². The molecule has 0 saturated carbocycles. The Kier molecular flexibility index (Phi) is 5.85. The summed E-state index contributed by atoms with van der Waals surface area (Å²) in [6.45, 7) is 2.57. The van der Waals surface area contributed by atoms with Gasteiger partial charge in [0.05, 0.1) is 11.7 Å². The number of likely N-dealkylation sites (tertiary alicyclic amines) is 1. The smallest absolute Gasteiger partial charge is 0.257 e. The summed E-state index contributed by atoms with van der Waals surface area (Å²) in [5.41, 5.74) is 5.72. The molecule has 1 aliphatic heterocycles. The van der Waals surface area contributed by atoms with Gasteiger partial charge in [0.25, 0.3) is 5.91 Å². The molecule has 0 unspecified atom stereocenters. The summed E-state index contributed by atoms with van der Waals surface area (Å²) in [6, 6.07) is 4.55. The van der Waals surface area contributed by atoms with Crippen molar-refractivity contribution < 1.29 is 14.6 Å². The lowest BCUT2D eigenvalue weighted by molar-refractivity contribution is 0.00839. The Hall–Kier alpha value is -1.30. The highest BCUT2D eigenvalue weighted by Gasteiger charge is 2.25. The molecule has 1 heterocycles. The zero-order valence-electron chi connectivity index (χ0n) is 11.9. The molecule has 1 amide bonds. The molecule has 1 aromatic rings. The number of nitrogens with zero attached hydrogens (tertiary/aromatic N) is 1. The minimum atomic E-state index is -0.162. The molecular weight excluding hydrogens is 292 g/mol. The summed E-state index contributed by atoms with van der Waals surface area (Å²) in [4.78, 5) is 14.1. The molecule has 1 saturated heterocycles. The molecule has 0 atom stereocenters. The average Bonchev–Trinajstić information content (AvgIpc) is 2.48. The third kappa shape index (κ3) is 4.33. The van der Waals surface area contributed by atoms with Gasteiger partial charge in [-0.05, 0) is 44.0 Å². The molecular formula is C15H21ClN2O3. The fourth-order valence-corrected chi connectivity index (χ4v) is 2.58. The standard InChI is InChI=1S/C15H21ClN2O3/c16-11-2-3-13(14(19)10-11)15(20)18-7-4-12(5-8-18)21-9-1-6-17/h2-3,10,12,19H,1,4-9,17H2. The number of benzene rings is 1. The molecule has 0 spiro atoms. The van der Waals surface area contributed by atoms with Crippen molar-refractivity contribution in [1.29, 1.82) is 0 Å². The van der Waals surface area contributed by atoms with Crippen molar-refractivity contribution in [2.24, 2.45) is 5.73 Å². The number of carbonyl (C=O) groups is 1. The third-order valence-electron chi connectivity index (χ3n) is 3.62. The fourth-order valence-electron chi connectivity index (χ4n) is 2.41. The number of halogens is 1. The zero-order chi connectivity index (χ0) is 15.2. The lowest BCUT2D eigenvalue weighted by Crippen LogP contribution is -2.41. The fraction of sp³-hybridized carbons (Fsp3) is 0.533. The first kappa shape index (κ1) is 16.1. The first-order chi connectivity index (χ1) is 10.1. The van der Waals surface area contributed by atoms with Gasteiger partial charge in [0.15, 0.2) is 0 Å². The van der Waals surface area contributed by atoms with Gasteiger partial charge in [0.1, 0.15) is 5.75 Å². The second-order valence-corrected chi connectivity index (χ2v) is 5.60. The molecule has 2 rings (SSSR count). The molecule has 21 heavy (non-hydrogen) atoms. The Balaban J connectivity index is 1.88. The first-order valence-corrected chi connectivity index (χ1v) is 7.59. The summed E-state index contributed by atoms with van der Waals surface area (Å²) in [5.74, 6) is -0.238. The molecule has 0 aromatic heterocycles. The maximum Gasteiger partial charge on any atom is 0.257 e.